The molecule has 5 rings (SSSR count). The summed E-state index contributed by atoms with van der Waals surface area (Å²) in [7, 11) is 0. The molecule has 2 aromatic rings. The van der Waals surface area contributed by atoms with Gasteiger partial charge in [0.05, 0.1) is 0 Å². The number of carboxylic acids is 4. The molecule has 0 amide bonds. The van der Waals surface area contributed by atoms with Gasteiger partial charge in [-0.05, 0) is 66.0 Å². The number of piperazine rings is 1. The van der Waals surface area contributed by atoms with Gasteiger partial charge in [-0.1, -0.05) is 29.8 Å². The molecular formula is C33H38ClFN4O8S. The van der Waals surface area contributed by atoms with Crippen LogP contribution in [0, 0.1) is 5.82 Å². The summed E-state index contributed by atoms with van der Waals surface area (Å²) in [6.45, 7) is 8.41. The number of nitrogens with zero attached hydrogens (tertiary/aromatic N) is 3. The summed E-state index contributed by atoms with van der Waals surface area (Å²) >= 11 is 11.8. The van der Waals surface area contributed by atoms with Crippen molar-refractivity contribution in [2.45, 2.75) is 24.8 Å². The number of hydrogen-bond donors (Lipinski definition) is 5. The predicted octanol–water partition coefficient (Wildman–Crippen LogP) is 3.68. The molecule has 1 aliphatic carbocycles. The third-order valence-electron chi connectivity index (χ3n) is 7.95. The van der Waals surface area contributed by atoms with Crippen molar-refractivity contribution in [3.05, 3.63) is 94.3 Å². The molecule has 2 saturated heterocycles. The maximum Gasteiger partial charge on any atom is 0.328 e. The van der Waals surface area contributed by atoms with Crippen molar-refractivity contribution >= 4 is 52.8 Å². The Morgan fingerprint density at radius 2 is 1.38 bits per heavy atom. The zero-order valence-corrected chi connectivity index (χ0v) is 27.6. The van der Waals surface area contributed by atoms with Gasteiger partial charge in [0.2, 0.25) is 0 Å². The van der Waals surface area contributed by atoms with Gasteiger partial charge in [-0.25, -0.2) is 23.6 Å². The third kappa shape index (κ3) is 12.3. The number of carboxylic acid groups (broad SMARTS) is 4. The molecule has 3 aliphatic rings. The van der Waals surface area contributed by atoms with Gasteiger partial charge in [-0.15, -0.1) is 0 Å². The number of aliphatic carboxylic acids is 4. The van der Waals surface area contributed by atoms with Gasteiger partial charge in [-0.2, -0.15) is 0 Å². The van der Waals surface area contributed by atoms with Crippen LogP contribution in [0.2, 0.25) is 5.02 Å². The van der Waals surface area contributed by atoms with E-state index in [1.54, 1.807) is 12.1 Å². The Bertz CT molecular complexity index is 1450. The molecule has 2 aromatic carbocycles. The van der Waals surface area contributed by atoms with Crippen molar-refractivity contribution in [2.75, 3.05) is 52.4 Å². The number of fused-ring (bicyclic) bond motifs is 1. The SMILES string of the molecule is Fc1ccc(C2CC(N3CCN(CCN4CCCNC4=S)CC3)c3ccc(Cl)cc32)cc1.O=C(O)/C=C\C(=O)O.O=C(O)/C=C\C(=O)O. The first-order chi connectivity index (χ1) is 22.8. The first-order valence-electron chi connectivity index (χ1n) is 15.2. The number of thiocarbonyl (C=S) groups is 1. The van der Waals surface area contributed by atoms with E-state index in [-0.39, 0.29) is 11.7 Å². The minimum absolute atomic E-state index is 0.188. The second kappa shape index (κ2) is 18.8. The normalized spacial score (nSPS) is 19.5. The first-order valence-corrected chi connectivity index (χ1v) is 15.9. The molecule has 2 heterocycles. The molecule has 0 spiro atoms. The summed E-state index contributed by atoms with van der Waals surface area (Å²) in [4.78, 5) is 45.7. The molecule has 5 N–H and O–H groups in total. The lowest BCUT2D eigenvalue weighted by Crippen LogP contribution is -2.52. The zero-order chi connectivity index (χ0) is 35.2. The second-order valence-electron chi connectivity index (χ2n) is 11.1. The van der Waals surface area contributed by atoms with E-state index in [0.717, 1.165) is 75.3 Å². The Morgan fingerprint density at radius 1 is 0.812 bits per heavy atom. The van der Waals surface area contributed by atoms with Crippen LogP contribution in [-0.2, 0) is 19.2 Å². The van der Waals surface area contributed by atoms with E-state index in [4.69, 9.17) is 44.2 Å². The summed E-state index contributed by atoms with van der Waals surface area (Å²) in [5.74, 6) is -4.95. The molecule has 0 saturated carbocycles. The van der Waals surface area contributed by atoms with Crippen LogP contribution >= 0.6 is 23.8 Å². The Kier molecular flexibility index (Phi) is 14.9. The fourth-order valence-electron chi connectivity index (χ4n) is 5.72. The second-order valence-corrected chi connectivity index (χ2v) is 11.9. The van der Waals surface area contributed by atoms with Gasteiger partial charge in [0.25, 0.3) is 0 Å². The van der Waals surface area contributed by atoms with Gasteiger partial charge in [0.15, 0.2) is 5.11 Å². The van der Waals surface area contributed by atoms with E-state index >= 15 is 0 Å². The number of hydrogen-bond acceptors (Lipinski definition) is 7. The van der Waals surface area contributed by atoms with Gasteiger partial charge in [0, 0.05) is 93.6 Å². The monoisotopic (exact) mass is 704 g/mol. The van der Waals surface area contributed by atoms with Crippen molar-refractivity contribution < 1.29 is 44.0 Å². The van der Waals surface area contributed by atoms with Crippen LogP contribution < -0.4 is 5.32 Å². The van der Waals surface area contributed by atoms with Gasteiger partial charge in [0.1, 0.15) is 5.82 Å². The highest BCUT2D eigenvalue weighted by Gasteiger charge is 2.36. The Morgan fingerprint density at radius 3 is 1.90 bits per heavy atom. The lowest BCUT2D eigenvalue weighted by Gasteiger charge is -2.39. The molecule has 15 heteroatoms. The number of halogens is 2. The van der Waals surface area contributed by atoms with Crippen LogP contribution in [0.15, 0.2) is 66.8 Å². The first kappa shape index (κ1) is 38.1. The summed E-state index contributed by atoms with van der Waals surface area (Å²) in [5.41, 5.74) is 3.84. The molecule has 2 aliphatic heterocycles. The molecule has 12 nitrogen and oxygen atoms in total. The standard InChI is InChI=1S/C25H30ClFN4S.2C4H4O4/c26-19-4-7-21-23(16-19)22(18-2-5-20(27)6-3-18)17-24(21)30-13-10-29(11-14-30)12-15-31-9-1-8-28-25(31)32;2*5-3(6)1-2-4(7)8/h2-7,16,22,24H,1,8-15,17H2,(H,28,32);2*1-2H,(H,5,6)(H,7,8)/b;2*2-1-. The van der Waals surface area contributed by atoms with E-state index < -0.39 is 23.9 Å². The smallest absolute Gasteiger partial charge is 0.328 e. The van der Waals surface area contributed by atoms with E-state index in [2.05, 4.69) is 32.1 Å². The molecule has 0 radical (unpaired) electrons. The number of rotatable bonds is 9. The highest BCUT2D eigenvalue weighted by molar-refractivity contribution is 7.80. The summed E-state index contributed by atoms with van der Waals surface area (Å²) in [6.07, 6.45) is 4.42. The van der Waals surface area contributed by atoms with Gasteiger partial charge in [-0.3, -0.25) is 9.80 Å². The zero-order valence-electron chi connectivity index (χ0n) is 26.0. The largest absolute Gasteiger partial charge is 0.478 e. The van der Waals surface area contributed by atoms with Crippen LogP contribution in [0.25, 0.3) is 0 Å². The quantitative estimate of drug-likeness (QED) is 0.189. The van der Waals surface area contributed by atoms with Gasteiger partial charge < -0.3 is 30.6 Å². The van der Waals surface area contributed by atoms with Crippen molar-refractivity contribution in [1.82, 2.24) is 20.0 Å². The van der Waals surface area contributed by atoms with Crippen LogP contribution in [0.5, 0.6) is 0 Å². The third-order valence-corrected chi connectivity index (χ3v) is 8.59. The van der Waals surface area contributed by atoms with E-state index in [9.17, 15) is 23.6 Å². The molecule has 0 bridgehead atoms. The fourth-order valence-corrected chi connectivity index (χ4v) is 6.19. The van der Waals surface area contributed by atoms with Crippen molar-refractivity contribution in [3.8, 4) is 0 Å². The number of benzene rings is 2. The summed E-state index contributed by atoms with van der Waals surface area (Å²) < 4.78 is 13.5. The van der Waals surface area contributed by atoms with Crippen molar-refractivity contribution in [2.24, 2.45) is 0 Å². The lowest BCUT2D eigenvalue weighted by molar-refractivity contribution is -0.134. The minimum Gasteiger partial charge on any atom is -0.478 e. The van der Waals surface area contributed by atoms with Crippen LogP contribution in [0.3, 0.4) is 0 Å². The molecule has 0 aromatic heterocycles. The number of carbonyl (C=O) groups is 4. The minimum atomic E-state index is -1.26. The van der Waals surface area contributed by atoms with Crippen molar-refractivity contribution in [1.29, 1.82) is 0 Å². The molecule has 2 unspecified atom stereocenters. The van der Waals surface area contributed by atoms with Crippen LogP contribution in [-0.4, -0.2) is 116 Å². The highest BCUT2D eigenvalue weighted by atomic mass is 35.5. The lowest BCUT2D eigenvalue weighted by atomic mass is 9.93. The molecule has 258 valence electrons. The van der Waals surface area contributed by atoms with E-state index in [1.165, 1.54) is 16.7 Å². The van der Waals surface area contributed by atoms with Crippen molar-refractivity contribution in [3.63, 3.8) is 0 Å². The Hall–Kier alpha value is -4.37. The van der Waals surface area contributed by atoms with Gasteiger partial charge >= 0.3 is 23.9 Å². The van der Waals surface area contributed by atoms with Crippen LogP contribution in [0.1, 0.15) is 41.5 Å². The summed E-state index contributed by atoms with van der Waals surface area (Å²) in [6, 6.07) is 13.7. The molecule has 2 fully saturated rings. The molecule has 48 heavy (non-hydrogen) atoms. The molecule has 2 atom stereocenters. The molecular weight excluding hydrogens is 667 g/mol. The maximum atomic E-state index is 13.5. The maximum absolute atomic E-state index is 13.5. The summed E-state index contributed by atoms with van der Waals surface area (Å²) in [5, 5.41) is 36.2. The fraction of sp³-hybridized carbons (Fsp3) is 0.364. The van der Waals surface area contributed by atoms with Crippen LogP contribution in [0.4, 0.5) is 4.39 Å². The van der Waals surface area contributed by atoms with E-state index in [1.807, 2.05) is 18.2 Å². The number of nitrogens with one attached hydrogen (secondary N) is 1. The Balaban J connectivity index is 0.000000325. The van der Waals surface area contributed by atoms with E-state index in [0.29, 0.717) is 30.3 Å². The highest BCUT2D eigenvalue weighted by Crippen LogP contribution is 2.47. The average Bonchev–Trinajstić information content (AvgIpc) is 3.42. The topological polar surface area (TPSA) is 171 Å². The Labute approximate surface area is 287 Å². The average molecular weight is 705 g/mol. The predicted molar refractivity (Wildman–Crippen MR) is 181 cm³/mol.